The van der Waals surface area contributed by atoms with Gasteiger partial charge in [-0.25, -0.2) is 14.4 Å². The van der Waals surface area contributed by atoms with E-state index in [-0.39, 0.29) is 18.3 Å². The molecule has 1 saturated carbocycles. The molecule has 1 N–H and O–H groups in total. The van der Waals surface area contributed by atoms with Gasteiger partial charge in [0.15, 0.2) is 0 Å². The van der Waals surface area contributed by atoms with Crippen molar-refractivity contribution in [1.82, 2.24) is 0 Å². The number of carbonyl (C=O) groups is 3. The lowest BCUT2D eigenvalue weighted by Gasteiger charge is -2.35. The molecular formula is C25H34O7. The van der Waals surface area contributed by atoms with E-state index in [1.54, 1.807) is 46.8 Å². The highest BCUT2D eigenvalue weighted by Gasteiger charge is 2.67. The number of hydrogen-bond donors (Lipinski definition) is 1. The highest BCUT2D eigenvalue weighted by Crippen LogP contribution is 2.55. The van der Waals surface area contributed by atoms with Gasteiger partial charge in [0, 0.05) is 29.4 Å². The Morgan fingerprint density at radius 2 is 1.75 bits per heavy atom. The first-order valence-corrected chi connectivity index (χ1v) is 11.2. The van der Waals surface area contributed by atoms with Gasteiger partial charge in [0.25, 0.3) is 0 Å². The van der Waals surface area contributed by atoms with E-state index in [4.69, 9.17) is 14.2 Å². The highest BCUT2D eigenvalue weighted by atomic mass is 16.6. The number of allylic oxidation sites excluding steroid dienone is 3. The molecule has 1 saturated heterocycles. The zero-order valence-electron chi connectivity index (χ0n) is 19.9. The Kier molecular flexibility index (Phi) is 6.44. The number of fused-ring (bicyclic) bond motifs is 3. The van der Waals surface area contributed by atoms with Gasteiger partial charge in [-0.3, -0.25) is 0 Å². The summed E-state index contributed by atoms with van der Waals surface area (Å²) >= 11 is 0. The Morgan fingerprint density at radius 3 is 2.34 bits per heavy atom. The molecule has 0 aromatic heterocycles. The van der Waals surface area contributed by atoms with Crippen LogP contribution in [0.1, 0.15) is 61.3 Å². The molecule has 0 bridgehead atoms. The maximum absolute atomic E-state index is 13.1. The molecule has 0 aromatic rings. The average Bonchev–Trinajstić information content (AvgIpc) is 3.20. The molecule has 2 aliphatic carbocycles. The van der Waals surface area contributed by atoms with E-state index < -0.39 is 47.2 Å². The molecule has 1 heterocycles. The van der Waals surface area contributed by atoms with Gasteiger partial charge in [-0.15, -0.1) is 0 Å². The number of hydrogen-bond acceptors (Lipinski definition) is 7. The number of ether oxygens (including phenoxy) is 3. The minimum Gasteiger partial charge on any atom is -0.458 e. The van der Waals surface area contributed by atoms with E-state index in [1.807, 2.05) is 6.92 Å². The molecule has 7 atom stereocenters. The van der Waals surface area contributed by atoms with Crippen LogP contribution in [0.2, 0.25) is 0 Å². The van der Waals surface area contributed by atoms with E-state index in [2.05, 4.69) is 6.08 Å². The summed E-state index contributed by atoms with van der Waals surface area (Å²) in [7, 11) is 0. The Labute approximate surface area is 189 Å². The maximum Gasteiger partial charge on any atom is 0.351 e. The van der Waals surface area contributed by atoms with Crippen molar-refractivity contribution in [2.24, 2.45) is 17.8 Å². The van der Waals surface area contributed by atoms with Gasteiger partial charge in [-0.05, 0) is 54.9 Å². The second kappa shape index (κ2) is 8.50. The van der Waals surface area contributed by atoms with Crippen molar-refractivity contribution in [2.75, 3.05) is 0 Å². The number of carbonyl (C=O) groups excluding carboxylic acids is 3. The zero-order chi connectivity index (χ0) is 24.0. The predicted octanol–water partition coefficient (Wildman–Crippen LogP) is 3.41. The van der Waals surface area contributed by atoms with Crippen LogP contribution in [0.4, 0.5) is 0 Å². The van der Waals surface area contributed by atoms with Gasteiger partial charge in [-0.2, -0.15) is 0 Å². The predicted molar refractivity (Wildman–Crippen MR) is 117 cm³/mol. The molecule has 176 valence electrons. The van der Waals surface area contributed by atoms with Gasteiger partial charge in [0.05, 0.1) is 11.5 Å². The van der Waals surface area contributed by atoms with E-state index >= 15 is 0 Å². The molecule has 3 aliphatic rings. The summed E-state index contributed by atoms with van der Waals surface area (Å²) in [5, 5.41) is 11.4. The second-order valence-electron chi connectivity index (χ2n) is 9.66. The van der Waals surface area contributed by atoms with Crippen LogP contribution in [-0.2, 0) is 28.6 Å². The summed E-state index contributed by atoms with van der Waals surface area (Å²) in [6, 6.07) is 0. The average molecular weight is 447 g/mol. The largest absolute Gasteiger partial charge is 0.458 e. The van der Waals surface area contributed by atoms with Crippen molar-refractivity contribution < 1.29 is 33.7 Å². The SMILES string of the molecule is C/C=C(\C)C(=O)O[C@H]1C[C@](C)(O)[C@H]2CC=C(C)[C@H]2[C@@H]2OC(=O)[C@@](C)(OC(=O)/C(C)=C/C)[C@@H]21. The molecule has 0 spiro atoms. The summed E-state index contributed by atoms with van der Waals surface area (Å²) in [6.45, 7) is 11.9. The Bertz CT molecular complexity index is 909. The van der Waals surface area contributed by atoms with Crippen LogP contribution in [0.3, 0.4) is 0 Å². The summed E-state index contributed by atoms with van der Waals surface area (Å²) in [5.74, 6) is -3.05. The molecule has 3 rings (SSSR count). The third-order valence-electron chi connectivity index (χ3n) is 7.53. The Hall–Kier alpha value is -2.41. The first kappa shape index (κ1) is 24.2. The van der Waals surface area contributed by atoms with Crippen molar-refractivity contribution in [3.05, 3.63) is 34.9 Å². The second-order valence-corrected chi connectivity index (χ2v) is 9.66. The van der Waals surface area contributed by atoms with Crippen molar-refractivity contribution in [1.29, 1.82) is 0 Å². The molecule has 32 heavy (non-hydrogen) atoms. The van der Waals surface area contributed by atoms with Crippen LogP contribution >= 0.6 is 0 Å². The summed E-state index contributed by atoms with van der Waals surface area (Å²) in [6.07, 6.45) is 4.46. The van der Waals surface area contributed by atoms with Gasteiger partial charge >= 0.3 is 17.9 Å². The monoisotopic (exact) mass is 446 g/mol. The van der Waals surface area contributed by atoms with Crippen molar-refractivity contribution in [3.8, 4) is 0 Å². The highest BCUT2D eigenvalue weighted by molar-refractivity contribution is 5.92. The lowest BCUT2D eigenvalue weighted by molar-refractivity contribution is -0.177. The third-order valence-corrected chi connectivity index (χ3v) is 7.53. The van der Waals surface area contributed by atoms with E-state index in [1.165, 1.54) is 6.92 Å². The zero-order valence-corrected chi connectivity index (χ0v) is 19.9. The Balaban J connectivity index is 2.11. The standard InChI is InChI=1S/C25H34O7/c1-8-13(3)21(26)30-17-12-24(6,29)16-11-10-15(5)18(16)20-19(17)25(7,23(28)31-20)32-22(27)14(4)9-2/h8-10,16-20,29H,11-12H2,1-7H3/b13-8+,14-9+/t16-,17-,18+,19+,20-,24-,25-/m0/s1. The van der Waals surface area contributed by atoms with Crippen molar-refractivity contribution in [3.63, 3.8) is 0 Å². The molecule has 0 amide bonds. The fraction of sp³-hybridized carbons (Fsp3) is 0.640. The summed E-state index contributed by atoms with van der Waals surface area (Å²) < 4.78 is 17.5. The third kappa shape index (κ3) is 3.91. The molecule has 0 radical (unpaired) electrons. The lowest BCUT2D eigenvalue weighted by Crippen LogP contribution is -2.51. The molecule has 0 aromatic carbocycles. The number of aliphatic hydroxyl groups is 1. The topological polar surface area (TPSA) is 99.1 Å². The van der Waals surface area contributed by atoms with Gasteiger partial charge in [-0.1, -0.05) is 23.8 Å². The fourth-order valence-corrected chi connectivity index (χ4v) is 5.32. The normalized spacial score (nSPS) is 39.4. The summed E-state index contributed by atoms with van der Waals surface area (Å²) in [4.78, 5) is 38.5. The number of esters is 3. The maximum atomic E-state index is 13.1. The fourth-order valence-electron chi connectivity index (χ4n) is 5.32. The smallest absolute Gasteiger partial charge is 0.351 e. The quantitative estimate of drug-likeness (QED) is 0.306. The molecular weight excluding hydrogens is 412 g/mol. The van der Waals surface area contributed by atoms with Crippen LogP contribution in [0.5, 0.6) is 0 Å². The molecule has 7 nitrogen and oxygen atoms in total. The van der Waals surface area contributed by atoms with E-state index in [0.717, 1.165) is 5.57 Å². The van der Waals surface area contributed by atoms with E-state index in [9.17, 15) is 19.5 Å². The van der Waals surface area contributed by atoms with Gasteiger partial charge < -0.3 is 19.3 Å². The number of rotatable bonds is 4. The molecule has 0 unspecified atom stereocenters. The lowest BCUT2D eigenvalue weighted by atomic mass is 9.75. The van der Waals surface area contributed by atoms with E-state index in [0.29, 0.717) is 17.6 Å². The molecule has 7 heteroatoms. The van der Waals surface area contributed by atoms with Crippen LogP contribution in [0.15, 0.2) is 34.9 Å². The van der Waals surface area contributed by atoms with Crippen LogP contribution in [0.25, 0.3) is 0 Å². The summed E-state index contributed by atoms with van der Waals surface area (Å²) in [5.41, 5.74) is -1.05. The van der Waals surface area contributed by atoms with Crippen LogP contribution in [-0.4, -0.2) is 46.4 Å². The Morgan fingerprint density at radius 1 is 1.16 bits per heavy atom. The van der Waals surface area contributed by atoms with Crippen molar-refractivity contribution >= 4 is 17.9 Å². The van der Waals surface area contributed by atoms with Crippen molar-refractivity contribution in [2.45, 2.75) is 84.7 Å². The van der Waals surface area contributed by atoms with Crippen LogP contribution < -0.4 is 0 Å². The van der Waals surface area contributed by atoms with Gasteiger partial charge in [0.1, 0.15) is 12.2 Å². The minimum atomic E-state index is -1.66. The van der Waals surface area contributed by atoms with Gasteiger partial charge in [0.2, 0.25) is 5.60 Å². The first-order valence-electron chi connectivity index (χ1n) is 11.2. The van der Waals surface area contributed by atoms with Crippen LogP contribution in [0, 0.1) is 17.8 Å². The molecule has 1 aliphatic heterocycles. The molecule has 2 fully saturated rings. The first-order chi connectivity index (χ1) is 14.9. The minimum absolute atomic E-state index is 0.103.